The first-order valence-corrected chi connectivity index (χ1v) is 9.68. The Morgan fingerprint density at radius 1 is 1.06 bits per heavy atom. The highest BCUT2D eigenvalue weighted by Crippen LogP contribution is 2.14. The van der Waals surface area contributed by atoms with Crippen LogP contribution in [0.4, 0.5) is 0 Å². The van der Waals surface area contributed by atoms with E-state index in [1.165, 1.54) is 23.6 Å². The molecule has 0 aliphatic heterocycles. The molecule has 0 saturated heterocycles. The molecule has 0 atom stereocenters. The van der Waals surface area contributed by atoms with Gasteiger partial charge in [-0.25, -0.2) is 16.8 Å². The van der Waals surface area contributed by atoms with Crippen molar-refractivity contribution in [3.05, 3.63) is 36.3 Å². The van der Waals surface area contributed by atoms with Crippen LogP contribution in [0.5, 0.6) is 0 Å². The molecule has 0 aromatic rings. The number of sulfone groups is 1. The summed E-state index contributed by atoms with van der Waals surface area (Å²) in [7, 11) is -5.81. The van der Waals surface area contributed by atoms with Crippen molar-refractivity contribution in [2.45, 2.75) is 6.92 Å². The van der Waals surface area contributed by atoms with Gasteiger partial charge in [-0.2, -0.15) is 0 Å². The Balaban J connectivity index is 4.26. The molecule has 0 N–H and O–H groups in total. The summed E-state index contributed by atoms with van der Waals surface area (Å²) in [4.78, 5) is 0. The molecule has 0 radical (unpaired) electrons. The SMILES string of the molecule is C=CCS(=O)(=O)C/C=C/SS(=O)(=O)C/C=C/C. The van der Waals surface area contributed by atoms with Crippen LogP contribution in [-0.4, -0.2) is 34.1 Å². The van der Waals surface area contributed by atoms with Gasteiger partial charge in [0.25, 0.3) is 0 Å². The highest BCUT2D eigenvalue weighted by Gasteiger charge is 2.08. The van der Waals surface area contributed by atoms with E-state index in [9.17, 15) is 16.8 Å². The van der Waals surface area contributed by atoms with Crippen molar-refractivity contribution < 1.29 is 16.8 Å². The highest BCUT2D eigenvalue weighted by molar-refractivity contribution is 8.73. The predicted molar refractivity (Wildman–Crippen MR) is 74.2 cm³/mol. The summed E-state index contributed by atoms with van der Waals surface area (Å²) in [5, 5.41) is 1.29. The van der Waals surface area contributed by atoms with Crippen LogP contribution in [0.25, 0.3) is 0 Å². The number of hydrogen-bond donors (Lipinski definition) is 0. The average molecular weight is 296 g/mol. The first-order chi connectivity index (χ1) is 7.83. The minimum atomic E-state index is -3.25. The Kier molecular flexibility index (Phi) is 7.49. The van der Waals surface area contributed by atoms with E-state index in [0.717, 1.165) is 0 Å². The topological polar surface area (TPSA) is 68.3 Å². The minimum absolute atomic E-state index is 0.0576. The lowest BCUT2D eigenvalue weighted by Crippen LogP contribution is -2.06. The molecule has 0 aliphatic carbocycles. The fourth-order valence-corrected chi connectivity index (χ4v) is 3.88. The molecule has 98 valence electrons. The van der Waals surface area contributed by atoms with Gasteiger partial charge in [0.1, 0.15) is 0 Å². The quantitative estimate of drug-likeness (QED) is 0.504. The Morgan fingerprint density at radius 3 is 2.24 bits per heavy atom. The normalized spacial score (nSPS) is 13.5. The summed E-state index contributed by atoms with van der Waals surface area (Å²) in [5.74, 6) is -0.337. The summed E-state index contributed by atoms with van der Waals surface area (Å²) < 4.78 is 45.1. The first kappa shape index (κ1) is 16.5. The molecule has 4 nitrogen and oxygen atoms in total. The second-order valence-electron chi connectivity index (χ2n) is 3.13. The average Bonchev–Trinajstić information content (AvgIpc) is 2.22. The van der Waals surface area contributed by atoms with Gasteiger partial charge >= 0.3 is 0 Å². The molecule has 0 heterocycles. The van der Waals surface area contributed by atoms with Gasteiger partial charge in [0, 0.05) is 0 Å². The zero-order chi connectivity index (χ0) is 13.4. The second kappa shape index (κ2) is 7.73. The molecule has 0 fully saturated rings. The van der Waals surface area contributed by atoms with Crippen molar-refractivity contribution in [3.63, 3.8) is 0 Å². The van der Waals surface area contributed by atoms with Gasteiger partial charge in [0.15, 0.2) is 9.84 Å². The molecular formula is C10H16O4S3. The van der Waals surface area contributed by atoms with Gasteiger partial charge in [-0.3, -0.25) is 0 Å². The third-order valence-corrected chi connectivity index (χ3v) is 5.82. The molecular weight excluding hydrogens is 280 g/mol. The van der Waals surface area contributed by atoms with Crippen LogP contribution in [0.1, 0.15) is 6.92 Å². The fraction of sp³-hybridized carbons (Fsp3) is 0.400. The molecule has 0 aromatic carbocycles. The zero-order valence-corrected chi connectivity index (χ0v) is 12.0. The van der Waals surface area contributed by atoms with Gasteiger partial charge in [-0.05, 0) is 23.1 Å². The van der Waals surface area contributed by atoms with E-state index in [4.69, 9.17) is 0 Å². The smallest absolute Gasteiger partial charge is 0.209 e. The summed E-state index contributed by atoms with van der Waals surface area (Å²) in [6.45, 7) is 5.07. The van der Waals surface area contributed by atoms with E-state index >= 15 is 0 Å². The van der Waals surface area contributed by atoms with Crippen LogP contribution in [-0.2, 0) is 18.7 Å². The maximum Gasteiger partial charge on any atom is 0.209 e. The first-order valence-electron chi connectivity index (χ1n) is 4.81. The van der Waals surface area contributed by atoms with Crippen molar-refractivity contribution in [2.75, 3.05) is 17.3 Å². The molecule has 0 aliphatic rings. The predicted octanol–water partition coefficient (Wildman–Crippen LogP) is 1.74. The van der Waals surface area contributed by atoms with Crippen LogP contribution in [0.2, 0.25) is 0 Å². The lowest BCUT2D eigenvalue weighted by Gasteiger charge is -1.96. The Hall–Kier alpha value is -0.530. The van der Waals surface area contributed by atoms with Gasteiger partial charge in [-0.1, -0.05) is 24.3 Å². The van der Waals surface area contributed by atoms with E-state index < -0.39 is 18.7 Å². The molecule has 0 unspecified atom stereocenters. The van der Waals surface area contributed by atoms with E-state index in [0.29, 0.717) is 10.8 Å². The summed E-state index contributed by atoms with van der Waals surface area (Å²) >= 11 is 0. The third kappa shape index (κ3) is 9.20. The number of hydrogen-bond acceptors (Lipinski definition) is 5. The van der Waals surface area contributed by atoms with Crippen molar-refractivity contribution in [1.29, 1.82) is 0 Å². The van der Waals surface area contributed by atoms with Gasteiger partial charge in [-0.15, -0.1) is 6.58 Å². The molecule has 0 rings (SSSR count). The van der Waals surface area contributed by atoms with Crippen LogP contribution >= 0.6 is 10.8 Å². The van der Waals surface area contributed by atoms with Crippen LogP contribution in [0.15, 0.2) is 36.3 Å². The van der Waals surface area contributed by atoms with E-state index in [1.807, 2.05) is 0 Å². The molecule has 7 heteroatoms. The monoisotopic (exact) mass is 296 g/mol. The molecule has 0 bridgehead atoms. The zero-order valence-electron chi connectivity index (χ0n) is 9.57. The fourth-order valence-electron chi connectivity index (χ4n) is 0.811. The van der Waals surface area contributed by atoms with E-state index in [1.54, 1.807) is 13.0 Å². The lowest BCUT2D eigenvalue weighted by atomic mass is 10.6. The van der Waals surface area contributed by atoms with Crippen LogP contribution in [0, 0.1) is 0 Å². The molecule has 0 saturated carbocycles. The van der Waals surface area contributed by atoms with E-state index in [-0.39, 0.29) is 17.3 Å². The summed E-state index contributed by atoms with van der Waals surface area (Å²) in [5.41, 5.74) is 0. The molecule has 0 aromatic heterocycles. The van der Waals surface area contributed by atoms with Gasteiger partial charge < -0.3 is 0 Å². The summed E-state index contributed by atoms with van der Waals surface area (Å²) in [6.07, 6.45) is 5.82. The summed E-state index contributed by atoms with van der Waals surface area (Å²) in [6, 6.07) is 0. The highest BCUT2D eigenvalue weighted by atomic mass is 33.1. The third-order valence-electron chi connectivity index (χ3n) is 1.56. The lowest BCUT2D eigenvalue weighted by molar-refractivity contribution is 0.601. The van der Waals surface area contributed by atoms with Crippen molar-refractivity contribution in [2.24, 2.45) is 0 Å². The van der Waals surface area contributed by atoms with Crippen molar-refractivity contribution >= 4 is 29.5 Å². The number of rotatable bonds is 8. The largest absolute Gasteiger partial charge is 0.228 e. The molecule has 17 heavy (non-hydrogen) atoms. The second-order valence-corrected chi connectivity index (χ2v) is 9.30. The minimum Gasteiger partial charge on any atom is -0.228 e. The maximum absolute atomic E-state index is 11.3. The molecule has 0 amide bonds. The Bertz CT molecular complexity index is 484. The number of allylic oxidation sites excluding steroid dienone is 1. The standard InChI is InChI=1S/C10H16O4S3/c1-3-5-10-17(13,14)15-7-6-9-16(11,12)8-4-2/h3-7H,2,8-10H2,1H3/b5-3+,7-6+. The Morgan fingerprint density at radius 2 is 1.71 bits per heavy atom. The van der Waals surface area contributed by atoms with Gasteiger partial charge in [0.2, 0.25) is 8.87 Å². The van der Waals surface area contributed by atoms with Gasteiger partial charge in [0.05, 0.1) is 17.3 Å². The van der Waals surface area contributed by atoms with Crippen molar-refractivity contribution in [1.82, 2.24) is 0 Å². The molecule has 0 spiro atoms. The van der Waals surface area contributed by atoms with Crippen molar-refractivity contribution in [3.8, 4) is 0 Å². The maximum atomic E-state index is 11.3. The Labute approximate surface area is 107 Å². The van der Waals surface area contributed by atoms with E-state index in [2.05, 4.69) is 6.58 Å². The van der Waals surface area contributed by atoms with Crippen LogP contribution < -0.4 is 0 Å². The van der Waals surface area contributed by atoms with Crippen LogP contribution in [0.3, 0.4) is 0 Å².